The Labute approximate surface area is 123 Å². The van der Waals surface area contributed by atoms with E-state index in [-0.39, 0.29) is 11.8 Å². The van der Waals surface area contributed by atoms with Gasteiger partial charge >= 0.3 is 0 Å². The maximum absolute atomic E-state index is 11.8. The third-order valence-electron chi connectivity index (χ3n) is 3.05. The van der Waals surface area contributed by atoms with Gasteiger partial charge in [0.2, 0.25) is 0 Å². The molecule has 2 heterocycles. The number of rotatable bonds is 5. The van der Waals surface area contributed by atoms with Crippen molar-refractivity contribution in [2.45, 2.75) is 6.92 Å². The standard InChI is InChI=1S/C15H18N4O2/c1-11-5-6-12(10-18-11)14(20)16-7-8-17-15(21)13-4-3-9-19(13)2/h3-6,9-10H,7-8H2,1-2H3,(H,16,20)(H,17,21). The molecule has 6 nitrogen and oxygen atoms in total. The van der Waals surface area contributed by atoms with Crippen LogP contribution >= 0.6 is 0 Å². The van der Waals surface area contributed by atoms with E-state index < -0.39 is 0 Å². The van der Waals surface area contributed by atoms with Crippen molar-refractivity contribution in [3.05, 3.63) is 53.6 Å². The summed E-state index contributed by atoms with van der Waals surface area (Å²) in [5.41, 5.74) is 1.96. The van der Waals surface area contributed by atoms with Crippen molar-refractivity contribution in [1.82, 2.24) is 20.2 Å². The fourth-order valence-electron chi connectivity index (χ4n) is 1.84. The lowest BCUT2D eigenvalue weighted by molar-refractivity contribution is 0.0923. The SMILES string of the molecule is Cc1ccc(C(=O)NCCNC(=O)c2cccn2C)cn1. The number of hydrogen-bond donors (Lipinski definition) is 2. The van der Waals surface area contributed by atoms with Crippen molar-refractivity contribution in [3.63, 3.8) is 0 Å². The summed E-state index contributed by atoms with van der Waals surface area (Å²) in [5, 5.41) is 5.48. The smallest absolute Gasteiger partial charge is 0.267 e. The molecule has 0 saturated carbocycles. The average molecular weight is 286 g/mol. The molecule has 6 heteroatoms. The molecule has 2 rings (SSSR count). The molecule has 110 valence electrons. The van der Waals surface area contributed by atoms with Gasteiger partial charge in [0, 0.05) is 38.2 Å². The minimum Gasteiger partial charge on any atom is -0.350 e. The van der Waals surface area contributed by atoms with E-state index in [1.807, 2.05) is 6.92 Å². The summed E-state index contributed by atoms with van der Waals surface area (Å²) >= 11 is 0. The van der Waals surface area contributed by atoms with Gasteiger partial charge in [-0.05, 0) is 31.2 Å². The molecule has 0 bridgehead atoms. The molecule has 0 saturated heterocycles. The van der Waals surface area contributed by atoms with Gasteiger partial charge in [-0.3, -0.25) is 14.6 Å². The number of pyridine rings is 1. The number of hydrogen-bond acceptors (Lipinski definition) is 3. The number of aryl methyl sites for hydroxylation is 2. The maximum Gasteiger partial charge on any atom is 0.267 e. The normalized spacial score (nSPS) is 10.2. The van der Waals surface area contributed by atoms with Crippen LogP contribution in [0.5, 0.6) is 0 Å². The Kier molecular flexibility index (Phi) is 4.71. The quantitative estimate of drug-likeness (QED) is 0.801. The lowest BCUT2D eigenvalue weighted by Crippen LogP contribution is -2.35. The highest BCUT2D eigenvalue weighted by Crippen LogP contribution is 1.99. The van der Waals surface area contributed by atoms with Crippen LogP contribution in [0.15, 0.2) is 36.7 Å². The van der Waals surface area contributed by atoms with Crippen LogP contribution in [0.4, 0.5) is 0 Å². The number of aromatic nitrogens is 2. The van der Waals surface area contributed by atoms with E-state index in [0.29, 0.717) is 24.3 Å². The van der Waals surface area contributed by atoms with Crippen LogP contribution in [0.3, 0.4) is 0 Å². The third kappa shape index (κ3) is 3.92. The first-order valence-corrected chi connectivity index (χ1v) is 6.68. The largest absolute Gasteiger partial charge is 0.350 e. The molecule has 0 unspecified atom stereocenters. The number of carbonyl (C=O) groups is 2. The van der Waals surface area contributed by atoms with Gasteiger partial charge in [0.1, 0.15) is 5.69 Å². The zero-order chi connectivity index (χ0) is 15.2. The molecule has 0 aliphatic heterocycles. The second-order valence-corrected chi connectivity index (χ2v) is 4.70. The summed E-state index contributed by atoms with van der Waals surface area (Å²) in [6, 6.07) is 7.05. The van der Waals surface area contributed by atoms with E-state index >= 15 is 0 Å². The minimum absolute atomic E-state index is 0.159. The Bertz CT molecular complexity index is 631. The first-order valence-electron chi connectivity index (χ1n) is 6.68. The summed E-state index contributed by atoms with van der Waals surface area (Å²) < 4.78 is 1.74. The summed E-state index contributed by atoms with van der Waals surface area (Å²) in [6.45, 7) is 2.60. The Morgan fingerprint density at radius 1 is 1.14 bits per heavy atom. The molecule has 0 fully saturated rings. The van der Waals surface area contributed by atoms with E-state index in [1.54, 1.807) is 42.1 Å². The van der Waals surface area contributed by atoms with Gasteiger partial charge in [0.05, 0.1) is 5.56 Å². The van der Waals surface area contributed by atoms with Crippen LogP contribution in [-0.4, -0.2) is 34.5 Å². The van der Waals surface area contributed by atoms with Crippen LogP contribution < -0.4 is 10.6 Å². The zero-order valence-electron chi connectivity index (χ0n) is 12.1. The van der Waals surface area contributed by atoms with Gasteiger partial charge < -0.3 is 15.2 Å². The highest BCUT2D eigenvalue weighted by atomic mass is 16.2. The van der Waals surface area contributed by atoms with E-state index in [0.717, 1.165) is 5.69 Å². The predicted molar refractivity (Wildman–Crippen MR) is 79.1 cm³/mol. The summed E-state index contributed by atoms with van der Waals surface area (Å²) in [7, 11) is 1.81. The first kappa shape index (κ1) is 14.8. The van der Waals surface area contributed by atoms with Crippen LogP contribution in [0, 0.1) is 6.92 Å². The molecule has 2 N–H and O–H groups in total. The van der Waals surface area contributed by atoms with Gasteiger partial charge in [-0.2, -0.15) is 0 Å². The zero-order valence-corrected chi connectivity index (χ0v) is 12.1. The molecule has 0 radical (unpaired) electrons. The maximum atomic E-state index is 11.8. The number of amides is 2. The summed E-state index contributed by atoms with van der Waals surface area (Å²) in [6.07, 6.45) is 3.34. The fourth-order valence-corrected chi connectivity index (χ4v) is 1.84. The molecule has 0 spiro atoms. The van der Waals surface area contributed by atoms with Crippen molar-refractivity contribution >= 4 is 11.8 Å². The van der Waals surface area contributed by atoms with E-state index in [2.05, 4.69) is 15.6 Å². The molecular formula is C15H18N4O2. The van der Waals surface area contributed by atoms with Gasteiger partial charge in [-0.25, -0.2) is 0 Å². The molecule has 0 atom stereocenters. The van der Waals surface area contributed by atoms with Crippen molar-refractivity contribution < 1.29 is 9.59 Å². The highest BCUT2D eigenvalue weighted by Gasteiger charge is 2.08. The third-order valence-corrected chi connectivity index (χ3v) is 3.05. The first-order chi connectivity index (χ1) is 10.1. The Morgan fingerprint density at radius 2 is 1.86 bits per heavy atom. The number of carbonyl (C=O) groups excluding carboxylic acids is 2. The lowest BCUT2D eigenvalue weighted by atomic mass is 10.2. The van der Waals surface area contributed by atoms with Crippen molar-refractivity contribution in [2.24, 2.45) is 7.05 Å². The molecular weight excluding hydrogens is 268 g/mol. The van der Waals surface area contributed by atoms with Crippen LogP contribution in [0.1, 0.15) is 26.5 Å². The van der Waals surface area contributed by atoms with E-state index in [4.69, 9.17) is 0 Å². The monoisotopic (exact) mass is 286 g/mol. The number of nitrogens with zero attached hydrogens (tertiary/aromatic N) is 2. The molecule has 21 heavy (non-hydrogen) atoms. The topological polar surface area (TPSA) is 76.0 Å². The van der Waals surface area contributed by atoms with Crippen LogP contribution in [0.2, 0.25) is 0 Å². The summed E-state index contributed by atoms with van der Waals surface area (Å²) in [4.78, 5) is 27.7. The van der Waals surface area contributed by atoms with Crippen LogP contribution in [0.25, 0.3) is 0 Å². The van der Waals surface area contributed by atoms with Gasteiger partial charge in [-0.15, -0.1) is 0 Å². The molecule has 2 amide bonds. The molecule has 0 aromatic carbocycles. The van der Waals surface area contributed by atoms with E-state index in [1.165, 1.54) is 6.20 Å². The van der Waals surface area contributed by atoms with Crippen LogP contribution in [-0.2, 0) is 7.05 Å². The summed E-state index contributed by atoms with van der Waals surface area (Å²) in [5.74, 6) is -0.357. The van der Waals surface area contributed by atoms with Gasteiger partial charge in [0.25, 0.3) is 11.8 Å². The van der Waals surface area contributed by atoms with Crippen molar-refractivity contribution in [3.8, 4) is 0 Å². The Balaban J connectivity index is 1.75. The van der Waals surface area contributed by atoms with Gasteiger partial charge in [0.15, 0.2) is 0 Å². The van der Waals surface area contributed by atoms with Crippen molar-refractivity contribution in [1.29, 1.82) is 0 Å². The molecule has 0 aliphatic carbocycles. The van der Waals surface area contributed by atoms with Crippen molar-refractivity contribution in [2.75, 3.05) is 13.1 Å². The highest BCUT2D eigenvalue weighted by molar-refractivity contribution is 5.94. The minimum atomic E-state index is -0.199. The average Bonchev–Trinajstić information content (AvgIpc) is 2.90. The second-order valence-electron chi connectivity index (χ2n) is 4.70. The lowest BCUT2D eigenvalue weighted by Gasteiger charge is -2.07. The predicted octanol–water partition coefficient (Wildman–Crippen LogP) is 0.888. The molecule has 2 aromatic rings. The van der Waals surface area contributed by atoms with E-state index in [9.17, 15) is 9.59 Å². The molecule has 0 aliphatic rings. The fraction of sp³-hybridized carbons (Fsp3) is 0.267. The Hall–Kier alpha value is -2.63. The molecule has 2 aromatic heterocycles. The van der Waals surface area contributed by atoms with Gasteiger partial charge in [-0.1, -0.05) is 0 Å². The number of nitrogens with one attached hydrogen (secondary N) is 2. The second kappa shape index (κ2) is 6.69. The Morgan fingerprint density at radius 3 is 2.43 bits per heavy atom.